The minimum atomic E-state index is -0.250. The molecule has 6 heteroatoms. The van der Waals surface area contributed by atoms with Gasteiger partial charge in [0.25, 0.3) is 6.47 Å². The van der Waals surface area contributed by atoms with Crippen LogP contribution in [0.25, 0.3) is 0 Å². The van der Waals surface area contributed by atoms with Gasteiger partial charge in [0.15, 0.2) is 6.34 Å². The smallest absolute Gasteiger partial charge is 0.290 e. The Hall–Kier alpha value is -1.46. The van der Waals surface area contributed by atoms with E-state index in [0.717, 1.165) is 6.34 Å². The van der Waals surface area contributed by atoms with E-state index < -0.39 is 0 Å². The summed E-state index contributed by atoms with van der Waals surface area (Å²) in [5, 5.41) is 12.5. The van der Waals surface area contributed by atoms with Gasteiger partial charge in [0, 0.05) is 0 Å². The Morgan fingerprint density at radius 1 is 1.75 bits per heavy atom. The third-order valence-electron chi connectivity index (χ3n) is 0.124. The van der Waals surface area contributed by atoms with Gasteiger partial charge in [-0.15, -0.1) is 5.11 Å². The number of carbonyl (C=O) groups is 1. The van der Waals surface area contributed by atoms with Crippen LogP contribution < -0.4 is 5.84 Å². The normalized spacial score (nSPS) is 7.00. The molecular formula is C2H6N4O2. The van der Waals surface area contributed by atoms with Crippen LogP contribution in [0.5, 0.6) is 0 Å². The van der Waals surface area contributed by atoms with Crippen molar-refractivity contribution < 1.29 is 9.90 Å². The first kappa shape index (κ1) is 9.74. The van der Waals surface area contributed by atoms with E-state index in [1.807, 2.05) is 0 Å². The van der Waals surface area contributed by atoms with Crippen molar-refractivity contribution in [3.05, 3.63) is 0 Å². The molecule has 0 amide bonds. The monoisotopic (exact) mass is 118 g/mol. The average Bonchev–Trinajstić information content (AvgIpc) is 1.71. The lowest BCUT2D eigenvalue weighted by Gasteiger charge is -1.58. The van der Waals surface area contributed by atoms with Crippen LogP contribution in [-0.4, -0.2) is 17.9 Å². The predicted molar refractivity (Wildman–Crippen MR) is 26.5 cm³/mol. The van der Waals surface area contributed by atoms with Crippen molar-refractivity contribution in [2.75, 3.05) is 0 Å². The summed E-state index contributed by atoms with van der Waals surface area (Å²) in [4.78, 5) is 8.36. The summed E-state index contributed by atoms with van der Waals surface area (Å²) < 4.78 is 0. The van der Waals surface area contributed by atoms with Gasteiger partial charge in [-0.25, -0.2) is 5.53 Å². The van der Waals surface area contributed by atoms with Crippen LogP contribution in [0.2, 0.25) is 0 Å². The minimum absolute atomic E-state index is 0.250. The molecule has 0 radical (unpaired) electrons. The molecule has 0 aliphatic heterocycles. The summed E-state index contributed by atoms with van der Waals surface area (Å²) in [6.07, 6.45) is 0.944. The number of nitrogens with two attached hydrogens (primary N) is 1. The average molecular weight is 118 g/mol. The van der Waals surface area contributed by atoms with Crippen molar-refractivity contribution in [2.24, 2.45) is 16.1 Å². The lowest BCUT2D eigenvalue weighted by molar-refractivity contribution is -0.122. The number of nitrogens with one attached hydrogen (secondary N) is 1. The molecular weight excluding hydrogens is 112 g/mol. The summed E-state index contributed by atoms with van der Waals surface area (Å²) in [6, 6.07) is 0. The molecule has 0 fully saturated rings. The number of hydrogen-bond acceptors (Lipinski definition) is 4. The minimum Gasteiger partial charge on any atom is -0.483 e. The third-order valence-corrected chi connectivity index (χ3v) is 0.124. The Bertz CT molecular complexity index is 80.1. The highest BCUT2D eigenvalue weighted by Gasteiger charge is 1.43. The Kier molecular flexibility index (Phi) is 21.5. The molecule has 0 spiro atoms. The Morgan fingerprint density at radius 3 is 2.12 bits per heavy atom. The van der Waals surface area contributed by atoms with Crippen LogP contribution in [0.4, 0.5) is 0 Å². The summed E-state index contributed by atoms with van der Waals surface area (Å²) in [6.45, 7) is -0.250. The molecule has 0 unspecified atom stereocenters. The van der Waals surface area contributed by atoms with Crippen LogP contribution in [0.1, 0.15) is 0 Å². The zero-order valence-electron chi connectivity index (χ0n) is 3.98. The number of rotatable bonds is 1. The lowest BCUT2D eigenvalue weighted by atomic mass is 11.4. The summed E-state index contributed by atoms with van der Waals surface area (Å²) in [5.41, 5.74) is 6.00. The van der Waals surface area contributed by atoms with Crippen LogP contribution in [-0.2, 0) is 4.79 Å². The number of hydrazone groups is 1. The van der Waals surface area contributed by atoms with Gasteiger partial charge in [0.05, 0.1) is 0 Å². The van der Waals surface area contributed by atoms with Crippen molar-refractivity contribution in [3.8, 4) is 0 Å². The standard InChI is InChI=1S/CH4N4.CH2O2/c2-4-1-5-3;2-1-3/h1-2H,3H2;1H,(H,2,3)/b4-2?,5-1+;. The highest BCUT2D eigenvalue weighted by molar-refractivity contribution is 5.52. The molecule has 0 aliphatic rings. The second-order valence-corrected chi connectivity index (χ2v) is 0.499. The first-order valence-electron chi connectivity index (χ1n) is 1.49. The SMILES string of the molecule is N=N/C=N/N.O=CO. The van der Waals surface area contributed by atoms with Gasteiger partial charge in [0.1, 0.15) is 0 Å². The number of hydrogen-bond donors (Lipinski definition) is 3. The van der Waals surface area contributed by atoms with Crippen molar-refractivity contribution in [1.29, 1.82) is 5.53 Å². The molecule has 0 aromatic carbocycles. The van der Waals surface area contributed by atoms with Gasteiger partial charge in [-0.3, -0.25) is 4.79 Å². The predicted octanol–water partition coefficient (Wildman–Crippen LogP) is -0.380. The van der Waals surface area contributed by atoms with Gasteiger partial charge in [-0.2, -0.15) is 5.10 Å². The topological polar surface area (TPSA) is 112 Å². The Balaban J connectivity index is 0. The maximum Gasteiger partial charge on any atom is 0.290 e. The van der Waals surface area contributed by atoms with Gasteiger partial charge in [-0.05, 0) is 0 Å². The molecule has 0 saturated heterocycles. The van der Waals surface area contributed by atoms with E-state index in [0.29, 0.717) is 0 Å². The maximum atomic E-state index is 8.36. The van der Waals surface area contributed by atoms with E-state index in [-0.39, 0.29) is 6.47 Å². The van der Waals surface area contributed by atoms with Crippen LogP contribution in [0, 0.1) is 5.53 Å². The zero-order chi connectivity index (χ0) is 6.83. The fraction of sp³-hybridized carbons (Fsp3) is 0. The molecule has 0 aromatic rings. The third kappa shape index (κ3) is 195. The summed E-state index contributed by atoms with van der Waals surface area (Å²) in [5.74, 6) is 4.49. The molecule has 0 heterocycles. The zero-order valence-corrected chi connectivity index (χ0v) is 3.98. The molecule has 0 bridgehead atoms. The van der Waals surface area contributed by atoms with E-state index in [4.69, 9.17) is 15.4 Å². The molecule has 0 aromatic heterocycles. The second kappa shape index (κ2) is 17.7. The van der Waals surface area contributed by atoms with E-state index in [1.165, 1.54) is 0 Å². The molecule has 6 nitrogen and oxygen atoms in total. The molecule has 0 saturated carbocycles. The lowest BCUT2D eigenvalue weighted by Crippen LogP contribution is -1.75. The second-order valence-electron chi connectivity index (χ2n) is 0.499. The van der Waals surface area contributed by atoms with Gasteiger partial charge in [0.2, 0.25) is 0 Å². The first-order chi connectivity index (χ1) is 3.83. The van der Waals surface area contributed by atoms with E-state index in [1.54, 1.807) is 0 Å². The van der Waals surface area contributed by atoms with Gasteiger partial charge in [-0.1, -0.05) is 0 Å². The van der Waals surface area contributed by atoms with Crippen molar-refractivity contribution in [2.45, 2.75) is 0 Å². The molecule has 0 atom stereocenters. The first-order valence-corrected chi connectivity index (χ1v) is 1.49. The van der Waals surface area contributed by atoms with Crippen molar-refractivity contribution in [1.82, 2.24) is 0 Å². The quantitative estimate of drug-likeness (QED) is 0.109. The fourth-order valence-electron chi connectivity index (χ4n) is 0.0333. The van der Waals surface area contributed by atoms with Crippen LogP contribution >= 0.6 is 0 Å². The fourth-order valence-corrected chi connectivity index (χ4v) is 0.0333. The van der Waals surface area contributed by atoms with Gasteiger partial charge < -0.3 is 10.9 Å². The maximum absolute atomic E-state index is 8.36. The van der Waals surface area contributed by atoms with Crippen LogP contribution in [0.15, 0.2) is 10.2 Å². The summed E-state index contributed by atoms with van der Waals surface area (Å²) in [7, 11) is 0. The van der Waals surface area contributed by atoms with E-state index in [2.05, 4.69) is 16.1 Å². The van der Waals surface area contributed by atoms with Crippen molar-refractivity contribution >= 4 is 12.8 Å². The highest BCUT2D eigenvalue weighted by atomic mass is 16.3. The number of nitrogens with zero attached hydrogens (tertiary/aromatic N) is 2. The Labute approximate surface area is 45.5 Å². The molecule has 0 aliphatic carbocycles. The summed E-state index contributed by atoms with van der Waals surface area (Å²) >= 11 is 0. The van der Waals surface area contributed by atoms with E-state index in [9.17, 15) is 0 Å². The molecule has 4 N–H and O–H groups in total. The van der Waals surface area contributed by atoms with Crippen molar-refractivity contribution in [3.63, 3.8) is 0 Å². The van der Waals surface area contributed by atoms with Crippen LogP contribution in [0.3, 0.4) is 0 Å². The molecule has 8 heavy (non-hydrogen) atoms. The Morgan fingerprint density at radius 2 is 2.12 bits per heavy atom. The highest BCUT2D eigenvalue weighted by Crippen LogP contribution is 1.44. The molecule has 0 rings (SSSR count). The number of carboxylic acid groups (broad SMARTS) is 1. The van der Waals surface area contributed by atoms with Gasteiger partial charge >= 0.3 is 0 Å². The molecule has 46 valence electrons. The largest absolute Gasteiger partial charge is 0.483 e. The van der Waals surface area contributed by atoms with E-state index >= 15 is 0 Å².